The van der Waals surface area contributed by atoms with Crippen molar-refractivity contribution >= 4 is 39.9 Å². The average Bonchev–Trinajstić information content (AvgIpc) is 3.38. The highest BCUT2D eigenvalue weighted by Gasteiger charge is 2.37. The summed E-state index contributed by atoms with van der Waals surface area (Å²) in [6.45, 7) is 1.90. The second kappa shape index (κ2) is 12.2. The highest BCUT2D eigenvalue weighted by molar-refractivity contribution is 7.07. The second-order valence-corrected chi connectivity index (χ2v) is 10.9. The Bertz CT molecular complexity index is 2100. The van der Waals surface area contributed by atoms with Crippen molar-refractivity contribution in [1.29, 1.82) is 0 Å². The molecule has 0 saturated carbocycles. The molecule has 0 saturated heterocycles. The zero-order valence-electron chi connectivity index (χ0n) is 24.7. The fraction of sp³-hybridized carbons (Fsp3) is 0.171. The maximum atomic E-state index is 14.4. The summed E-state index contributed by atoms with van der Waals surface area (Å²) in [7, 11) is 4.72. The molecule has 1 aliphatic heterocycles. The van der Waals surface area contributed by atoms with E-state index >= 15 is 0 Å². The van der Waals surface area contributed by atoms with Gasteiger partial charge in [-0.15, -0.1) is 0 Å². The van der Waals surface area contributed by atoms with E-state index in [0.717, 1.165) is 27.6 Å². The molecule has 1 aliphatic rings. The molecule has 4 aromatic carbocycles. The molecule has 222 valence electrons. The van der Waals surface area contributed by atoms with Crippen molar-refractivity contribution < 1.29 is 23.7 Å². The first kappa shape index (κ1) is 28.9. The van der Waals surface area contributed by atoms with E-state index in [9.17, 15) is 9.59 Å². The third-order valence-electron chi connectivity index (χ3n) is 7.53. The standard InChI is InChI=1S/C35H30N2O6S/c1-5-43-34(39)29-30(21-12-7-6-8-13-21)36-35-37(31(29)25-16-11-17-27(41-3)32(25)42-4)33(38)28(44-35)20-22-18-19-26(40-2)24-15-10-9-14-23(22)24/h6-20,31H,5H2,1-4H3/b28-20-. The van der Waals surface area contributed by atoms with Crippen molar-refractivity contribution in [3.05, 3.63) is 127 Å². The SMILES string of the molecule is CCOC(=O)C1=C(c2ccccc2)N=c2s/c(=C\c3ccc(OC)c4ccccc34)c(=O)n2C1c1cccc(OC)c1OC. The van der Waals surface area contributed by atoms with Crippen LogP contribution < -0.4 is 29.1 Å². The molecule has 0 fully saturated rings. The quantitative estimate of drug-likeness (QED) is 0.228. The minimum Gasteiger partial charge on any atom is -0.496 e. The van der Waals surface area contributed by atoms with E-state index < -0.39 is 12.0 Å². The van der Waals surface area contributed by atoms with Crippen LogP contribution in [0.1, 0.15) is 29.7 Å². The lowest BCUT2D eigenvalue weighted by Gasteiger charge is -2.27. The van der Waals surface area contributed by atoms with E-state index in [0.29, 0.717) is 32.1 Å². The molecule has 0 N–H and O–H groups in total. The lowest BCUT2D eigenvalue weighted by molar-refractivity contribution is -0.138. The van der Waals surface area contributed by atoms with Gasteiger partial charge in [0.25, 0.3) is 5.56 Å². The number of carbonyl (C=O) groups is 1. The molecule has 6 rings (SSSR count). The van der Waals surface area contributed by atoms with Gasteiger partial charge >= 0.3 is 5.97 Å². The number of hydrogen-bond acceptors (Lipinski definition) is 8. The molecule has 1 aromatic heterocycles. The molecular weight excluding hydrogens is 576 g/mol. The monoisotopic (exact) mass is 606 g/mol. The van der Waals surface area contributed by atoms with E-state index in [1.807, 2.05) is 78.9 Å². The predicted molar refractivity (Wildman–Crippen MR) is 171 cm³/mol. The number of thiazole rings is 1. The van der Waals surface area contributed by atoms with Crippen LogP contribution in [0, 0.1) is 0 Å². The number of nitrogens with zero attached hydrogens (tertiary/aromatic N) is 2. The van der Waals surface area contributed by atoms with Gasteiger partial charge in [-0.3, -0.25) is 9.36 Å². The number of benzene rings is 4. The Balaban J connectivity index is 1.69. The number of aromatic nitrogens is 1. The van der Waals surface area contributed by atoms with Gasteiger partial charge in [-0.05, 0) is 36.1 Å². The Labute approximate surface area is 257 Å². The molecule has 9 heteroatoms. The predicted octanol–water partition coefficient (Wildman–Crippen LogP) is 5.11. The minimum absolute atomic E-state index is 0.154. The second-order valence-electron chi connectivity index (χ2n) is 9.92. The summed E-state index contributed by atoms with van der Waals surface area (Å²) in [5, 5.41) is 1.88. The van der Waals surface area contributed by atoms with Crippen molar-refractivity contribution in [2.24, 2.45) is 4.99 Å². The maximum absolute atomic E-state index is 14.4. The number of methoxy groups -OCH3 is 3. The van der Waals surface area contributed by atoms with Crippen LogP contribution in [0.15, 0.2) is 100 Å². The third-order valence-corrected chi connectivity index (χ3v) is 8.51. The third kappa shape index (κ3) is 4.95. The molecular formula is C35H30N2O6S. The van der Waals surface area contributed by atoms with Crippen LogP contribution in [0.4, 0.5) is 0 Å². The number of ether oxygens (including phenoxy) is 4. The number of carbonyl (C=O) groups excluding carboxylic acids is 1. The van der Waals surface area contributed by atoms with Crippen LogP contribution in [0.3, 0.4) is 0 Å². The molecule has 44 heavy (non-hydrogen) atoms. The van der Waals surface area contributed by atoms with Crippen LogP contribution in [0.2, 0.25) is 0 Å². The zero-order chi connectivity index (χ0) is 30.8. The van der Waals surface area contributed by atoms with Gasteiger partial charge < -0.3 is 18.9 Å². The van der Waals surface area contributed by atoms with E-state index in [2.05, 4.69) is 0 Å². The molecule has 0 spiro atoms. The summed E-state index contributed by atoms with van der Waals surface area (Å²) < 4.78 is 24.6. The fourth-order valence-electron chi connectivity index (χ4n) is 5.60. The first-order valence-corrected chi connectivity index (χ1v) is 14.9. The lowest BCUT2D eigenvalue weighted by atomic mass is 9.92. The van der Waals surface area contributed by atoms with Gasteiger partial charge in [0, 0.05) is 16.5 Å². The molecule has 0 aliphatic carbocycles. The summed E-state index contributed by atoms with van der Waals surface area (Å²) in [4.78, 5) is 33.6. The van der Waals surface area contributed by atoms with Gasteiger partial charge in [0.2, 0.25) is 0 Å². The summed E-state index contributed by atoms with van der Waals surface area (Å²) in [5.41, 5.74) is 2.52. The van der Waals surface area contributed by atoms with E-state index in [4.69, 9.17) is 23.9 Å². The summed E-state index contributed by atoms with van der Waals surface area (Å²) in [6.07, 6.45) is 1.86. The molecule has 1 atom stereocenters. The van der Waals surface area contributed by atoms with Gasteiger partial charge in [0.05, 0.1) is 43.7 Å². The Morgan fingerprint density at radius 2 is 1.59 bits per heavy atom. The smallest absolute Gasteiger partial charge is 0.338 e. The molecule has 1 unspecified atom stereocenters. The lowest BCUT2D eigenvalue weighted by Crippen LogP contribution is -2.40. The largest absolute Gasteiger partial charge is 0.496 e. The van der Waals surface area contributed by atoms with Gasteiger partial charge in [-0.2, -0.15) is 0 Å². The number of rotatable bonds is 8. The Morgan fingerprint density at radius 1 is 0.864 bits per heavy atom. The van der Waals surface area contributed by atoms with Crippen LogP contribution in [0.25, 0.3) is 22.5 Å². The van der Waals surface area contributed by atoms with Crippen molar-refractivity contribution in [2.75, 3.05) is 27.9 Å². The van der Waals surface area contributed by atoms with Crippen LogP contribution >= 0.6 is 11.3 Å². The highest BCUT2D eigenvalue weighted by atomic mass is 32.1. The number of hydrogen-bond donors (Lipinski definition) is 0. The molecule has 0 amide bonds. The van der Waals surface area contributed by atoms with Crippen LogP contribution in [-0.2, 0) is 9.53 Å². The normalized spacial score (nSPS) is 14.6. The van der Waals surface area contributed by atoms with Crippen molar-refractivity contribution in [3.8, 4) is 17.2 Å². The van der Waals surface area contributed by atoms with Crippen LogP contribution in [-0.4, -0.2) is 38.5 Å². The molecule has 0 bridgehead atoms. The first-order chi connectivity index (χ1) is 21.5. The van der Waals surface area contributed by atoms with E-state index in [1.54, 1.807) is 37.8 Å². The van der Waals surface area contributed by atoms with Gasteiger partial charge in [-0.1, -0.05) is 84.1 Å². The van der Waals surface area contributed by atoms with E-state index in [1.165, 1.54) is 18.4 Å². The Hall–Kier alpha value is -5.15. The van der Waals surface area contributed by atoms with Crippen LogP contribution in [0.5, 0.6) is 17.2 Å². The Kier molecular flexibility index (Phi) is 8.04. The van der Waals surface area contributed by atoms with Gasteiger partial charge in [-0.25, -0.2) is 9.79 Å². The zero-order valence-corrected chi connectivity index (χ0v) is 25.5. The van der Waals surface area contributed by atoms with E-state index in [-0.39, 0.29) is 17.7 Å². The maximum Gasteiger partial charge on any atom is 0.338 e. The summed E-state index contributed by atoms with van der Waals surface area (Å²) >= 11 is 1.26. The minimum atomic E-state index is -0.902. The van der Waals surface area contributed by atoms with Gasteiger partial charge in [0.15, 0.2) is 16.3 Å². The van der Waals surface area contributed by atoms with Crippen molar-refractivity contribution in [3.63, 3.8) is 0 Å². The van der Waals surface area contributed by atoms with Crippen molar-refractivity contribution in [2.45, 2.75) is 13.0 Å². The topological polar surface area (TPSA) is 88.4 Å². The molecule has 8 nitrogen and oxygen atoms in total. The Morgan fingerprint density at radius 3 is 2.30 bits per heavy atom. The summed E-state index contributed by atoms with van der Waals surface area (Å²) in [6, 6.07) is 25.6. The number of para-hydroxylation sites is 1. The molecule has 2 heterocycles. The molecule has 5 aromatic rings. The first-order valence-electron chi connectivity index (χ1n) is 14.1. The molecule has 0 radical (unpaired) electrons. The van der Waals surface area contributed by atoms with Gasteiger partial charge in [0.1, 0.15) is 11.8 Å². The summed E-state index contributed by atoms with van der Waals surface area (Å²) in [5.74, 6) is 1.06. The number of fused-ring (bicyclic) bond motifs is 2. The highest BCUT2D eigenvalue weighted by Crippen LogP contribution is 2.42. The van der Waals surface area contributed by atoms with Crippen molar-refractivity contribution in [1.82, 2.24) is 4.57 Å². The average molecular weight is 607 g/mol. The fourth-order valence-corrected chi connectivity index (χ4v) is 6.59. The number of esters is 1.